The molecule has 2 aliphatic rings. The van der Waals surface area contributed by atoms with Gasteiger partial charge in [-0.05, 0) is 132 Å². The van der Waals surface area contributed by atoms with Gasteiger partial charge in [-0.2, -0.15) is 0 Å². The molecule has 0 aliphatic heterocycles. The summed E-state index contributed by atoms with van der Waals surface area (Å²) in [5.41, 5.74) is 21.8. The van der Waals surface area contributed by atoms with Crippen molar-refractivity contribution in [1.29, 1.82) is 0 Å². The minimum absolute atomic E-state index is 0.145. The van der Waals surface area contributed by atoms with Crippen LogP contribution < -0.4 is 4.90 Å². The van der Waals surface area contributed by atoms with E-state index in [-0.39, 0.29) is 5.41 Å². The third-order valence-electron chi connectivity index (χ3n) is 15.5. The van der Waals surface area contributed by atoms with Crippen LogP contribution in [-0.4, -0.2) is 0 Å². The molecule has 2 nitrogen and oxygen atoms in total. The Balaban J connectivity index is 0.972. The number of fused-ring (bicyclic) bond motifs is 10. The van der Waals surface area contributed by atoms with E-state index in [1.165, 1.54) is 72.1 Å². The molecule has 0 N–H and O–H groups in total. The molecule has 14 rings (SSSR count). The third-order valence-corrected chi connectivity index (χ3v) is 15.5. The molecule has 11 aromatic carbocycles. The van der Waals surface area contributed by atoms with Crippen molar-refractivity contribution in [2.24, 2.45) is 0 Å². The van der Waals surface area contributed by atoms with Gasteiger partial charge in [0.2, 0.25) is 0 Å². The van der Waals surface area contributed by atoms with E-state index in [0.29, 0.717) is 0 Å². The lowest BCUT2D eigenvalue weighted by atomic mass is 9.67. The minimum Gasteiger partial charge on any atom is -0.455 e. The highest BCUT2D eigenvalue weighted by Gasteiger charge is 2.46. The van der Waals surface area contributed by atoms with E-state index in [1.54, 1.807) is 0 Å². The van der Waals surface area contributed by atoms with Crippen LogP contribution in [0.4, 0.5) is 17.1 Å². The molecule has 70 heavy (non-hydrogen) atoms. The van der Waals surface area contributed by atoms with Gasteiger partial charge in [0, 0.05) is 44.9 Å². The predicted octanol–water partition coefficient (Wildman–Crippen LogP) is 18.2. The summed E-state index contributed by atoms with van der Waals surface area (Å²) < 4.78 is 7.31. The third kappa shape index (κ3) is 5.87. The van der Waals surface area contributed by atoms with Crippen molar-refractivity contribution < 1.29 is 4.42 Å². The molecule has 0 unspecified atom stereocenters. The Kier molecular flexibility index (Phi) is 8.88. The Morgan fingerprint density at radius 2 is 0.871 bits per heavy atom. The Morgan fingerprint density at radius 3 is 1.61 bits per heavy atom. The summed E-state index contributed by atoms with van der Waals surface area (Å²) in [4.78, 5) is 2.39. The summed E-state index contributed by atoms with van der Waals surface area (Å²) in [7, 11) is 0. The highest BCUT2D eigenvalue weighted by molar-refractivity contribution is 6.19. The van der Waals surface area contributed by atoms with Gasteiger partial charge in [-0.3, -0.25) is 0 Å². The summed E-state index contributed by atoms with van der Waals surface area (Å²) in [5, 5.41) is 4.54. The van der Waals surface area contributed by atoms with Crippen LogP contribution in [0.2, 0.25) is 0 Å². The van der Waals surface area contributed by atoms with E-state index in [9.17, 15) is 0 Å². The summed E-state index contributed by atoms with van der Waals surface area (Å²) >= 11 is 0. The zero-order valence-electron chi connectivity index (χ0n) is 39.0. The Labute approximate surface area is 408 Å². The van der Waals surface area contributed by atoms with E-state index >= 15 is 0 Å². The van der Waals surface area contributed by atoms with Crippen LogP contribution in [0.15, 0.2) is 253 Å². The molecule has 0 fully saturated rings. The largest absolute Gasteiger partial charge is 0.455 e. The number of furan rings is 1. The second kappa shape index (κ2) is 15.4. The van der Waals surface area contributed by atoms with Crippen molar-refractivity contribution in [3.8, 4) is 44.5 Å². The Hall–Kier alpha value is -8.72. The summed E-state index contributed by atoms with van der Waals surface area (Å²) in [6, 6.07) is 91.6. The van der Waals surface area contributed by atoms with Gasteiger partial charge in [-0.25, -0.2) is 0 Å². The predicted molar refractivity (Wildman–Crippen MR) is 292 cm³/mol. The fourth-order valence-corrected chi connectivity index (χ4v) is 12.3. The smallest absolute Gasteiger partial charge is 0.143 e. The van der Waals surface area contributed by atoms with Gasteiger partial charge in [0.25, 0.3) is 0 Å². The van der Waals surface area contributed by atoms with Crippen LogP contribution in [0.3, 0.4) is 0 Å². The molecule has 0 saturated carbocycles. The molecular weight excluding hydrogens is 847 g/mol. The molecule has 1 aromatic heterocycles. The molecule has 330 valence electrons. The first-order valence-corrected chi connectivity index (χ1v) is 24.4. The SMILES string of the molecule is CC1(C)c2ccccc2-c2ccc(N(c3ccc(-c4ccccc4)cc3)c3ccc4c(c3)oc3c(-c5ccc6c(c5)C(c5ccccc5)(c5ccccc5)c5ccccc5-6)c5ccccc5cc34)cc21. The summed E-state index contributed by atoms with van der Waals surface area (Å²) in [5.74, 6) is 0. The van der Waals surface area contributed by atoms with Crippen molar-refractivity contribution in [2.45, 2.75) is 24.7 Å². The second-order valence-electron chi connectivity index (χ2n) is 19.6. The lowest BCUT2D eigenvalue weighted by molar-refractivity contribution is 0.660. The van der Waals surface area contributed by atoms with Gasteiger partial charge in [0.05, 0.1) is 5.41 Å². The maximum absolute atomic E-state index is 7.31. The van der Waals surface area contributed by atoms with Crippen LogP contribution in [-0.2, 0) is 10.8 Å². The van der Waals surface area contributed by atoms with Gasteiger partial charge < -0.3 is 9.32 Å². The fourth-order valence-electron chi connectivity index (χ4n) is 12.3. The second-order valence-corrected chi connectivity index (χ2v) is 19.6. The van der Waals surface area contributed by atoms with E-state index < -0.39 is 5.41 Å². The monoisotopic (exact) mass is 893 g/mol. The molecule has 2 aliphatic carbocycles. The molecule has 0 spiro atoms. The van der Waals surface area contributed by atoms with Gasteiger partial charge in [-0.15, -0.1) is 0 Å². The standard InChI is InChI=1S/C68H47NO/c1-67(2)60-28-16-14-26-54(60)56-38-35-51(42-62(56)67)69(50-33-30-45(31-34-50)44-18-6-3-7-19-44)52-36-39-58-59-40-46-20-12-13-25-53(46)65(66(59)70-64(58)43-52)47-32-37-57-55-27-15-17-29-61(55)68(63(57)41-47,48-21-8-4-9-22-48)49-23-10-5-11-24-49/h3-43H,1-2H3. The molecular formula is C68H47NO. The number of hydrogen-bond acceptors (Lipinski definition) is 2. The molecule has 0 atom stereocenters. The molecule has 0 amide bonds. The molecule has 0 bridgehead atoms. The van der Waals surface area contributed by atoms with Crippen LogP contribution >= 0.6 is 0 Å². The lowest BCUT2D eigenvalue weighted by Gasteiger charge is -2.34. The number of nitrogens with zero attached hydrogens (tertiary/aromatic N) is 1. The molecule has 2 heteroatoms. The first-order valence-electron chi connectivity index (χ1n) is 24.4. The fraction of sp³-hybridized carbons (Fsp3) is 0.0588. The van der Waals surface area contributed by atoms with Gasteiger partial charge in [0.15, 0.2) is 0 Å². The summed E-state index contributed by atoms with van der Waals surface area (Å²) in [6.07, 6.45) is 0. The maximum atomic E-state index is 7.31. The van der Waals surface area contributed by atoms with Crippen molar-refractivity contribution in [1.82, 2.24) is 0 Å². The Bertz CT molecular complexity index is 3970. The van der Waals surface area contributed by atoms with Crippen LogP contribution in [0.25, 0.3) is 77.2 Å². The topological polar surface area (TPSA) is 16.4 Å². The molecule has 12 aromatic rings. The average Bonchev–Trinajstić information content (AvgIpc) is 4.01. The van der Waals surface area contributed by atoms with Crippen LogP contribution in [0, 0.1) is 0 Å². The summed E-state index contributed by atoms with van der Waals surface area (Å²) in [6.45, 7) is 4.71. The average molecular weight is 894 g/mol. The normalized spacial score (nSPS) is 13.8. The Morgan fingerprint density at radius 1 is 0.343 bits per heavy atom. The van der Waals surface area contributed by atoms with Gasteiger partial charge >= 0.3 is 0 Å². The van der Waals surface area contributed by atoms with Gasteiger partial charge in [-0.1, -0.05) is 208 Å². The highest BCUT2D eigenvalue weighted by atomic mass is 16.3. The minimum atomic E-state index is -0.519. The van der Waals surface area contributed by atoms with E-state index in [2.05, 4.69) is 267 Å². The van der Waals surface area contributed by atoms with Crippen molar-refractivity contribution in [3.63, 3.8) is 0 Å². The molecule has 1 heterocycles. The lowest BCUT2D eigenvalue weighted by Crippen LogP contribution is -2.28. The highest BCUT2D eigenvalue weighted by Crippen LogP contribution is 2.58. The number of anilines is 3. The van der Waals surface area contributed by atoms with E-state index in [0.717, 1.165) is 55.5 Å². The number of benzene rings is 11. The molecule has 0 saturated heterocycles. The zero-order chi connectivity index (χ0) is 46.6. The quantitative estimate of drug-likeness (QED) is 0.158. The van der Waals surface area contributed by atoms with Crippen LogP contribution in [0.1, 0.15) is 47.2 Å². The maximum Gasteiger partial charge on any atom is 0.143 e. The van der Waals surface area contributed by atoms with E-state index in [1.807, 2.05) is 0 Å². The molecule has 0 radical (unpaired) electrons. The number of rotatable bonds is 7. The van der Waals surface area contributed by atoms with Crippen molar-refractivity contribution >= 4 is 49.8 Å². The number of hydrogen-bond donors (Lipinski definition) is 0. The first kappa shape index (κ1) is 40.4. The van der Waals surface area contributed by atoms with Gasteiger partial charge in [0.1, 0.15) is 11.2 Å². The van der Waals surface area contributed by atoms with Crippen LogP contribution in [0.5, 0.6) is 0 Å². The van der Waals surface area contributed by atoms with Crippen molar-refractivity contribution in [2.75, 3.05) is 4.90 Å². The van der Waals surface area contributed by atoms with E-state index in [4.69, 9.17) is 4.42 Å². The van der Waals surface area contributed by atoms with Crippen molar-refractivity contribution in [3.05, 3.63) is 282 Å². The first-order chi connectivity index (χ1) is 34.5. The zero-order valence-corrected chi connectivity index (χ0v) is 39.0.